The lowest BCUT2D eigenvalue weighted by Crippen LogP contribution is -3.00. The number of para-hydroxylation sites is 1. The van der Waals surface area contributed by atoms with E-state index in [4.69, 9.17) is 4.74 Å². The van der Waals surface area contributed by atoms with Crippen molar-refractivity contribution in [3.8, 4) is 5.75 Å². The SMILES string of the molecule is Cc1cccc2c1OCC[C@]21C[NH2+]C[C@H]1C(=O)N1CC[C@@H](c2ccccc2)C[C@H]1c1ccccc1.[Cl-]. The second-order valence-corrected chi connectivity index (χ2v) is 10.6. The number of halogens is 1. The van der Waals surface area contributed by atoms with Crippen LogP contribution in [0.2, 0.25) is 0 Å². The zero-order chi connectivity index (χ0) is 23.8. The molecule has 6 rings (SSSR count). The van der Waals surface area contributed by atoms with Gasteiger partial charge in [0.05, 0.1) is 31.2 Å². The van der Waals surface area contributed by atoms with E-state index in [-0.39, 0.29) is 29.8 Å². The van der Waals surface area contributed by atoms with Crippen LogP contribution in [0.3, 0.4) is 0 Å². The molecule has 0 radical (unpaired) electrons. The molecule has 0 unspecified atom stereocenters. The first-order valence-corrected chi connectivity index (χ1v) is 13.1. The number of ether oxygens (including phenoxy) is 1. The second kappa shape index (κ2) is 10.3. The number of nitrogens with zero attached hydrogens (tertiary/aromatic N) is 1. The molecule has 188 valence electrons. The Morgan fingerprint density at radius 2 is 1.69 bits per heavy atom. The summed E-state index contributed by atoms with van der Waals surface area (Å²) in [7, 11) is 0. The fourth-order valence-corrected chi connectivity index (χ4v) is 6.94. The Bertz CT molecular complexity index is 1200. The number of hydrogen-bond acceptors (Lipinski definition) is 2. The van der Waals surface area contributed by atoms with Gasteiger partial charge in [0.2, 0.25) is 5.91 Å². The van der Waals surface area contributed by atoms with Crippen LogP contribution in [0.25, 0.3) is 0 Å². The molecular formula is C31H35ClN2O2. The van der Waals surface area contributed by atoms with Gasteiger partial charge in [-0.15, -0.1) is 0 Å². The largest absolute Gasteiger partial charge is 1.00 e. The molecule has 5 heteroatoms. The Morgan fingerprint density at radius 1 is 0.972 bits per heavy atom. The smallest absolute Gasteiger partial charge is 0.233 e. The lowest BCUT2D eigenvalue weighted by molar-refractivity contribution is -0.640. The number of quaternary nitrogens is 1. The topological polar surface area (TPSA) is 46.1 Å². The van der Waals surface area contributed by atoms with Crippen LogP contribution in [0.5, 0.6) is 5.75 Å². The lowest BCUT2D eigenvalue weighted by Gasteiger charge is -2.44. The van der Waals surface area contributed by atoms with Crippen LogP contribution in [0.1, 0.15) is 53.5 Å². The van der Waals surface area contributed by atoms with Crippen molar-refractivity contribution in [1.29, 1.82) is 0 Å². The number of likely N-dealkylation sites (tertiary alicyclic amines) is 1. The first-order chi connectivity index (χ1) is 17.2. The van der Waals surface area contributed by atoms with Gasteiger partial charge in [0.15, 0.2) is 0 Å². The summed E-state index contributed by atoms with van der Waals surface area (Å²) in [6.45, 7) is 5.43. The highest BCUT2D eigenvalue weighted by Gasteiger charge is 2.55. The minimum Gasteiger partial charge on any atom is -1.00 e. The van der Waals surface area contributed by atoms with Crippen LogP contribution in [0.4, 0.5) is 0 Å². The molecule has 2 fully saturated rings. The lowest BCUT2D eigenvalue weighted by atomic mass is 9.67. The maximum absolute atomic E-state index is 14.5. The molecule has 3 aliphatic rings. The second-order valence-electron chi connectivity index (χ2n) is 10.6. The monoisotopic (exact) mass is 502 g/mol. The number of rotatable bonds is 3. The molecule has 0 aromatic heterocycles. The Labute approximate surface area is 220 Å². The molecule has 3 aromatic rings. The summed E-state index contributed by atoms with van der Waals surface area (Å²) in [5.41, 5.74) is 4.91. The predicted octanol–water partition coefficient (Wildman–Crippen LogP) is 1.36. The van der Waals surface area contributed by atoms with E-state index in [0.29, 0.717) is 18.4 Å². The van der Waals surface area contributed by atoms with Gasteiger partial charge in [-0.2, -0.15) is 0 Å². The summed E-state index contributed by atoms with van der Waals surface area (Å²) in [4.78, 5) is 16.7. The molecule has 0 aliphatic carbocycles. The molecule has 0 saturated carbocycles. The average Bonchev–Trinajstić information content (AvgIpc) is 3.33. The third kappa shape index (κ3) is 4.21. The standard InChI is InChI=1S/C31H34N2O2.ClH/c1-22-9-8-14-26-29(22)35-18-16-31(26)21-32-20-27(31)30(34)33-17-15-25(23-10-4-2-5-11-23)19-28(33)24-12-6-3-7-13-24;/h2-14,25,27-28,32H,15-21H2,1H3;1H/t25-,27+,28+,31+;/m1./s1. The van der Waals surface area contributed by atoms with Crippen molar-refractivity contribution in [2.75, 3.05) is 26.2 Å². The molecule has 36 heavy (non-hydrogen) atoms. The van der Waals surface area contributed by atoms with E-state index in [0.717, 1.165) is 44.6 Å². The van der Waals surface area contributed by atoms with Gasteiger partial charge in [0, 0.05) is 12.1 Å². The van der Waals surface area contributed by atoms with Gasteiger partial charge in [-0.1, -0.05) is 78.9 Å². The van der Waals surface area contributed by atoms with Crippen LogP contribution in [0, 0.1) is 12.8 Å². The summed E-state index contributed by atoms with van der Waals surface area (Å²) in [5.74, 6) is 1.79. The number of piperidine rings is 1. The summed E-state index contributed by atoms with van der Waals surface area (Å²) in [6.07, 6.45) is 2.90. The molecule has 1 amide bonds. The molecule has 2 saturated heterocycles. The van der Waals surface area contributed by atoms with E-state index in [9.17, 15) is 4.79 Å². The van der Waals surface area contributed by atoms with E-state index in [1.54, 1.807) is 0 Å². The Balaban J connectivity index is 0.00000267. The molecule has 1 spiro atoms. The van der Waals surface area contributed by atoms with Gasteiger partial charge >= 0.3 is 0 Å². The van der Waals surface area contributed by atoms with Crippen LogP contribution in [-0.4, -0.2) is 37.0 Å². The van der Waals surface area contributed by atoms with Crippen LogP contribution in [-0.2, 0) is 10.2 Å². The van der Waals surface area contributed by atoms with Gasteiger partial charge in [0.25, 0.3) is 0 Å². The molecule has 3 aromatic carbocycles. The van der Waals surface area contributed by atoms with Crippen molar-refractivity contribution in [3.05, 3.63) is 101 Å². The zero-order valence-electron chi connectivity index (χ0n) is 20.9. The summed E-state index contributed by atoms with van der Waals surface area (Å²) in [6, 6.07) is 28.1. The Kier molecular flexibility index (Phi) is 7.09. The fraction of sp³-hybridized carbons (Fsp3) is 0.387. The van der Waals surface area contributed by atoms with Gasteiger partial charge < -0.3 is 27.4 Å². The van der Waals surface area contributed by atoms with Crippen molar-refractivity contribution < 1.29 is 27.3 Å². The summed E-state index contributed by atoms with van der Waals surface area (Å²) >= 11 is 0. The van der Waals surface area contributed by atoms with Crippen molar-refractivity contribution in [3.63, 3.8) is 0 Å². The Hall–Kier alpha value is -2.82. The normalized spacial score (nSPS) is 27.1. The fourth-order valence-electron chi connectivity index (χ4n) is 6.94. The van der Waals surface area contributed by atoms with E-state index >= 15 is 0 Å². The summed E-state index contributed by atoms with van der Waals surface area (Å²) in [5, 5.41) is 2.36. The van der Waals surface area contributed by atoms with E-state index in [1.165, 1.54) is 22.3 Å². The molecule has 4 atom stereocenters. The number of fused-ring (bicyclic) bond motifs is 2. The molecule has 3 aliphatic heterocycles. The Morgan fingerprint density at radius 3 is 2.44 bits per heavy atom. The average molecular weight is 503 g/mol. The number of amides is 1. The van der Waals surface area contributed by atoms with Crippen LogP contribution < -0.4 is 22.5 Å². The van der Waals surface area contributed by atoms with Crippen LogP contribution >= 0.6 is 0 Å². The number of carbonyl (C=O) groups is 1. The molecule has 4 nitrogen and oxygen atoms in total. The van der Waals surface area contributed by atoms with E-state index in [1.807, 2.05) is 0 Å². The quantitative estimate of drug-likeness (QED) is 0.588. The van der Waals surface area contributed by atoms with Crippen molar-refractivity contribution in [2.24, 2.45) is 5.92 Å². The van der Waals surface area contributed by atoms with Gasteiger partial charge in [0.1, 0.15) is 11.7 Å². The number of benzene rings is 3. The van der Waals surface area contributed by atoms with E-state index in [2.05, 4.69) is 96.0 Å². The van der Waals surface area contributed by atoms with E-state index < -0.39 is 0 Å². The maximum atomic E-state index is 14.5. The van der Waals surface area contributed by atoms with Gasteiger partial charge in [-0.25, -0.2) is 0 Å². The van der Waals surface area contributed by atoms with Crippen LogP contribution in [0.15, 0.2) is 78.9 Å². The molecule has 3 heterocycles. The number of aryl methyl sites for hydroxylation is 1. The third-order valence-electron chi connectivity index (χ3n) is 8.76. The number of carbonyl (C=O) groups excluding carboxylic acids is 1. The van der Waals surface area contributed by atoms with Gasteiger partial charge in [-0.05, 0) is 48.8 Å². The molecule has 2 N–H and O–H groups in total. The van der Waals surface area contributed by atoms with Crippen molar-refractivity contribution >= 4 is 5.91 Å². The van der Waals surface area contributed by atoms with Crippen molar-refractivity contribution in [1.82, 2.24) is 4.90 Å². The predicted molar refractivity (Wildman–Crippen MR) is 137 cm³/mol. The van der Waals surface area contributed by atoms with Gasteiger partial charge in [-0.3, -0.25) is 4.79 Å². The highest BCUT2D eigenvalue weighted by Crippen LogP contribution is 2.48. The number of hydrogen-bond donors (Lipinski definition) is 1. The zero-order valence-corrected chi connectivity index (χ0v) is 21.7. The first kappa shape index (κ1) is 24.9. The first-order valence-electron chi connectivity index (χ1n) is 13.1. The maximum Gasteiger partial charge on any atom is 0.233 e. The summed E-state index contributed by atoms with van der Waals surface area (Å²) < 4.78 is 6.13. The molecule has 0 bridgehead atoms. The number of nitrogens with two attached hydrogens (primary N) is 1. The van der Waals surface area contributed by atoms with Crippen molar-refractivity contribution in [2.45, 2.75) is 43.6 Å². The minimum absolute atomic E-state index is 0. The highest BCUT2D eigenvalue weighted by atomic mass is 35.5. The third-order valence-corrected chi connectivity index (χ3v) is 8.76. The minimum atomic E-state index is -0.145. The molecular weight excluding hydrogens is 468 g/mol. The highest BCUT2D eigenvalue weighted by molar-refractivity contribution is 5.82.